The molecular weight excluding hydrogens is 226 g/mol. The maximum Gasteiger partial charge on any atom is 0.351 e. The number of carboxylic acid groups (broad SMARTS) is 1. The van der Waals surface area contributed by atoms with Gasteiger partial charge in [0.2, 0.25) is 0 Å². The summed E-state index contributed by atoms with van der Waals surface area (Å²) in [6.07, 6.45) is 1.44. The SMILES string of the molecule is N/C(=C/c1ccc(-c2ccccc2)cc1)C(=O)O. The first-order chi connectivity index (χ1) is 8.66. The maximum absolute atomic E-state index is 10.6. The van der Waals surface area contributed by atoms with Crippen LogP contribution in [0, 0.1) is 0 Å². The van der Waals surface area contributed by atoms with Gasteiger partial charge in [0.25, 0.3) is 0 Å². The number of carboxylic acids is 1. The van der Waals surface area contributed by atoms with E-state index >= 15 is 0 Å². The van der Waals surface area contributed by atoms with Crippen molar-refractivity contribution in [2.24, 2.45) is 5.73 Å². The smallest absolute Gasteiger partial charge is 0.351 e. The van der Waals surface area contributed by atoms with Crippen molar-refractivity contribution in [1.29, 1.82) is 0 Å². The van der Waals surface area contributed by atoms with Crippen molar-refractivity contribution >= 4 is 12.0 Å². The lowest BCUT2D eigenvalue weighted by Crippen LogP contribution is -2.09. The zero-order valence-electron chi connectivity index (χ0n) is 9.71. The molecular formula is C15H13NO2. The molecule has 2 aromatic carbocycles. The maximum atomic E-state index is 10.6. The largest absolute Gasteiger partial charge is 0.477 e. The van der Waals surface area contributed by atoms with Crippen LogP contribution in [0.25, 0.3) is 17.2 Å². The third-order valence-corrected chi connectivity index (χ3v) is 2.59. The first-order valence-electron chi connectivity index (χ1n) is 5.53. The topological polar surface area (TPSA) is 63.3 Å². The normalized spacial score (nSPS) is 11.2. The molecule has 0 saturated heterocycles. The lowest BCUT2D eigenvalue weighted by Gasteiger charge is -2.02. The van der Waals surface area contributed by atoms with Crippen molar-refractivity contribution in [2.75, 3.05) is 0 Å². The van der Waals surface area contributed by atoms with Crippen LogP contribution in [0.1, 0.15) is 5.56 Å². The van der Waals surface area contributed by atoms with E-state index in [0.717, 1.165) is 16.7 Å². The zero-order chi connectivity index (χ0) is 13.0. The molecule has 0 aliphatic heterocycles. The Bertz CT molecular complexity index is 571. The standard InChI is InChI=1S/C15H13NO2/c16-14(15(17)18)10-11-6-8-13(9-7-11)12-4-2-1-3-5-12/h1-10H,16H2,(H,17,18)/b14-10+. The van der Waals surface area contributed by atoms with E-state index in [4.69, 9.17) is 10.8 Å². The lowest BCUT2D eigenvalue weighted by atomic mass is 10.0. The summed E-state index contributed by atoms with van der Waals surface area (Å²) < 4.78 is 0. The van der Waals surface area contributed by atoms with E-state index in [2.05, 4.69) is 0 Å². The predicted octanol–water partition coefficient (Wildman–Crippen LogP) is 2.74. The van der Waals surface area contributed by atoms with Crippen LogP contribution in [0.4, 0.5) is 0 Å². The molecule has 0 saturated carbocycles. The van der Waals surface area contributed by atoms with Crippen LogP contribution < -0.4 is 5.73 Å². The Kier molecular flexibility index (Phi) is 3.44. The second-order valence-corrected chi connectivity index (χ2v) is 3.89. The molecule has 0 amide bonds. The fourth-order valence-electron chi connectivity index (χ4n) is 1.64. The Morgan fingerprint density at radius 2 is 1.50 bits per heavy atom. The second-order valence-electron chi connectivity index (χ2n) is 3.89. The summed E-state index contributed by atoms with van der Waals surface area (Å²) >= 11 is 0. The lowest BCUT2D eigenvalue weighted by molar-refractivity contribution is -0.132. The molecule has 3 N–H and O–H groups in total. The van der Waals surface area contributed by atoms with Crippen LogP contribution in [0.3, 0.4) is 0 Å². The molecule has 0 unspecified atom stereocenters. The summed E-state index contributed by atoms with van der Waals surface area (Å²) in [5, 5.41) is 8.68. The van der Waals surface area contributed by atoms with Crippen LogP contribution >= 0.6 is 0 Å². The van der Waals surface area contributed by atoms with E-state index in [-0.39, 0.29) is 5.70 Å². The van der Waals surface area contributed by atoms with Gasteiger partial charge < -0.3 is 10.8 Å². The first-order valence-corrected chi connectivity index (χ1v) is 5.53. The van der Waals surface area contributed by atoms with Gasteiger partial charge in [0.1, 0.15) is 5.70 Å². The molecule has 0 aliphatic carbocycles. The minimum atomic E-state index is -1.11. The van der Waals surface area contributed by atoms with Gasteiger partial charge in [-0.3, -0.25) is 0 Å². The number of hydrogen-bond donors (Lipinski definition) is 2. The number of rotatable bonds is 3. The van der Waals surface area contributed by atoms with Gasteiger partial charge in [-0.05, 0) is 22.8 Å². The summed E-state index contributed by atoms with van der Waals surface area (Å²) in [7, 11) is 0. The highest BCUT2D eigenvalue weighted by Crippen LogP contribution is 2.19. The highest BCUT2D eigenvalue weighted by Gasteiger charge is 2.01. The Hall–Kier alpha value is -2.55. The summed E-state index contributed by atoms with van der Waals surface area (Å²) in [4.78, 5) is 10.6. The van der Waals surface area contributed by atoms with Crippen molar-refractivity contribution in [1.82, 2.24) is 0 Å². The molecule has 0 aliphatic rings. The van der Waals surface area contributed by atoms with Gasteiger partial charge in [-0.25, -0.2) is 4.79 Å². The third kappa shape index (κ3) is 2.77. The van der Waals surface area contributed by atoms with Crippen LogP contribution in [-0.2, 0) is 4.79 Å². The molecule has 0 spiro atoms. The highest BCUT2D eigenvalue weighted by atomic mass is 16.4. The Morgan fingerprint density at radius 3 is 2.06 bits per heavy atom. The quantitative estimate of drug-likeness (QED) is 0.809. The molecule has 2 rings (SSSR count). The van der Waals surface area contributed by atoms with Gasteiger partial charge in [-0.2, -0.15) is 0 Å². The Balaban J connectivity index is 2.26. The monoisotopic (exact) mass is 239 g/mol. The zero-order valence-corrected chi connectivity index (χ0v) is 9.71. The summed E-state index contributed by atoms with van der Waals surface area (Å²) in [6, 6.07) is 17.5. The number of benzene rings is 2. The average molecular weight is 239 g/mol. The van der Waals surface area contributed by atoms with Gasteiger partial charge in [-0.1, -0.05) is 54.6 Å². The van der Waals surface area contributed by atoms with Crippen LogP contribution in [0.2, 0.25) is 0 Å². The molecule has 0 aromatic heterocycles. The molecule has 2 aromatic rings. The van der Waals surface area contributed by atoms with Crippen molar-refractivity contribution in [3.8, 4) is 11.1 Å². The molecule has 0 heterocycles. The van der Waals surface area contributed by atoms with E-state index in [9.17, 15) is 4.79 Å². The molecule has 18 heavy (non-hydrogen) atoms. The van der Waals surface area contributed by atoms with E-state index < -0.39 is 5.97 Å². The van der Waals surface area contributed by atoms with E-state index in [0.29, 0.717) is 0 Å². The van der Waals surface area contributed by atoms with Gasteiger partial charge in [-0.15, -0.1) is 0 Å². The van der Waals surface area contributed by atoms with Gasteiger partial charge in [0.05, 0.1) is 0 Å². The molecule has 0 bridgehead atoms. The third-order valence-electron chi connectivity index (χ3n) is 2.59. The van der Waals surface area contributed by atoms with Gasteiger partial charge in [0.15, 0.2) is 0 Å². The number of nitrogens with two attached hydrogens (primary N) is 1. The van der Waals surface area contributed by atoms with Gasteiger partial charge in [0, 0.05) is 0 Å². The molecule has 3 heteroatoms. The fraction of sp³-hybridized carbons (Fsp3) is 0. The van der Waals surface area contributed by atoms with Crippen molar-refractivity contribution in [3.63, 3.8) is 0 Å². The van der Waals surface area contributed by atoms with E-state index in [1.54, 1.807) is 0 Å². The van der Waals surface area contributed by atoms with Crippen molar-refractivity contribution < 1.29 is 9.90 Å². The summed E-state index contributed by atoms with van der Waals surface area (Å²) in [5.74, 6) is -1.11. The minimum Gasteiger partial charge on any atom is -0.477 e. The van der Waals surface area contributed by atoms with Crippen molar-refractivity contribution in [3.05, 3.63) is 65.9 Å². The molecule has 0 radical (unpaired) electrons. The first kappa shape index (κ1) is 11.9. The summed E-state index contributed by atoms with van der Waals surface area (Å²) in [6.45, 7) is 0. The van der Waals surface area contributed by atoms with Crippen LogP contribution in [-0.4, -0.2) is 11.1 Å². The number of aliphatic carboxylic acids is 1. The number of carbonyl (C=O) groups is 1. The molecule has 0 atom stereocenters. The van der Waals surface area contributed by atoms with Gasteiger partial charge >= 0.3 is 5.97 Å². The second kappa shape index (κ2) is 5.19. The highest BCUT2D eigenvalue weighted by molar-refractivity contribution is 5.91. The Morgan fingerprint density at radius 1 is 0.944 bits per heavy atom. The van der Waals surface area contributed by atoms with E-state index in [1.165, 1.54) is 6.08 Å². The van der Waals surface area contributed by atoms with Crippen LogP contribution in [0.15, 0.2) is 60.3 Å². The molecule has 3 nitrogen and oxygen atoms in total. The fourth-order valence-corrected chi connectivity index (χ4v) is 1.64. The average Bonchev–Trinajstić information content (AvgIpc) is 2.40. The summed E-state index contributed by atoms with van der Waals surface area (Å²) in [5.41, 5.74) is 8.18. The van der Waals surface area contributed by atoms with E-state index in [1.807, 2.05) is 54.6 Å². The Labute approximate surface area is 105 Å². The number of hydrogen-bond acceptors (Lipinski definition) is 2. The van der Waals surface area contributed by atoms with Crippen molar-refractivity contribution in [2.45, 2.75) is 0 Å². The van der Waals surface area contributed by atoms with Crippen LogP contribution in [0.5, 0.6) is 0 Å². The molecule has 0 fully saturated rings. The predicted molar refractivity (Wildman–Crippen MR) is 71.7 cm³/mol. The minimum absolute atomic E-state index is 0.164. The molecule has 90 valence electrons.